The van der Waals surface area contributed by atoms with Crippen LogP contribution in [0, 0.1) is 5.92 Å². The van der Waals surface area contributed by atoms with Crippen LogP contribution in [0.1, 0.15) is 45.1 Å². The molecule has 126 valence electrons. The number of anilines is 1. The molecule has 0 aromatic heterocycles. The molecule has 4 N–H and O–H groups in total. The van der Waals surface area contributed by atoms with Crippen molar-refractivity contribution in [1.82, 2.24) is 0 Å². The van der Waals surface area contributed by atoms with Crippen molar-refractivity contribution in [3.8, 4) is 0 Å². The van der Waals surface area contributed by atoms with E-state index in [4.69, 9.17) is 5.73 Å². The Labute approximate surface area is 138 Å². The monoisotopic (exact) mass is 318 g/mol. The summed E-state index contributed by atoms with van der Waals surface area (Å²) < 4.78 is 0. The average molecular weight is 318 g/mol. The summed E-state index contributed by atoms with van der Waals surface area (Å²) in [6.45, 7) is 7.76. The maximum absolute atomic E-state index is 12.5. The van der Waals surface area contributed by atoms with Crippen molar-refractivity contribution in [2.75, 3.05) is 18.4 Å². The summed E-state index contributed by atoms with van der Waals surface area (Å²) in [6.07, 6.45) is 1.77. The van der Waals surface area contributed by atoms with Gasteiger partial charge in [-0.25, -0.2) is 0 Å². The lowest BCUT2D eigenvalue weighted by Gasteiger charge is -2.31. The molecule has 1 fully saturated rings. The van der Waals surface area contributed by atoms with E-state index in [9.17, 15) is 9.59 Å². The minimum absolute atomic E-state index is 0.0117. The lowest BCUT2D eigenvalue weighted by molar-refractivity contribution is -0.921. The van der Waals surface area contributed by atoms with Crippen molar-refractivity contribution in [2.24, 2.45) is 11.7 Å². The highest BCUT2D eigenvalue weighted by atomic mass is 16.2. The largest absolute Gasteiger partial charge is 0.369 e. The summed E-state index contributed by atoms with van der Waals surface area (Å²) in [4.78, 5) is 25.0. The second-order valence-corrected chi connectivity index (χ2v) is 6.84. The van der Waals surface area contributed by atoms with Crippen molar-refractivity contribution < 1.29 is 14.5 Å². The molecule has 1 aromatic rings. The SMILES string of the molecule is CC(C)c1ccc(NC(=O)[C@@H](C)[NH+]2CCC[C@H](C(N)=O)C2)cc1. The summed E-state index contributed by atoms with van der Waals surface area (Å²) in [6, 6.07) is 7.78. The van der Waals surface area contributed by atoms with Gasteiger partial charge in [0.1, 0.15) is 0 Å². The third kappa shape index (κ3) is 4.55. The highest BCUT2D eigenvalue weighted by Crippen LogP contribution is 2.17. The van der Waals surface area contributed by atoms with Crippen molar-refractivity contribution in [1.29, 1.82) is 0 Å². The second-order valence-electron chi connectivity index (χ2n) is 6.84. The van der Waals surface area contributed by atoms with Crippen LogP contribution in [-0.4, -0.2) is 30.9 Å². The number of nitrogens with two attached hydrogens (primary N) is 1. The molecule has 0 bridgehead atoms. The molecule has 23 heavy (non-hydrogen) atoms. The molecule has 1 saturated heterocycles. The van der Waals surface area contributed by atoms with Crippen LogP contribution in [0.2, 0.25) is 0 Å². The molecule has 1 heterocycles. The third-order valence-electron chi connectivity index (χ3n) is 4.81. The van der Waals surface area contributed by atoms with Crippen LogP contribution < -0.4 is 16.0 Å². The first-order chi connectivity index (χ1) is 10.9. The Kier molecular flexibility index (Phi) is 5.77. The number of piperidine rings is 1. The number of amides is 2. The molecule has 2 rings (SSSR count). The quantitative estimate of drug-likeness (QED) is 0.755. The van der Waals surface area contributed by atoms with Gasteiger partial charge in [0.2, 0.25) is 5.91 Å². The number of likely N-dealkylation sites (tertiary alicyclic amines) is 1. The Morgan fingerprint density at radius 3 is 2.43 bits per heavy atom. The van der Waals surface area contributed by atoms with E-state index in [1.807, 2.05) is 31.2 Å². The fourth-order valence-electron chi connectivity index (χ4n) is 3.12. The van der Waals surface area contributed by atoms with Gasteiger partial charge in [-0.15, -0.1) is 0 Å². The van der Waals surface area contributed by atoms with Gasteiger partial charge in [0.25, 0.3) is 5.91 Å². The molecule has 2 amide bonds. The number of carbonyl (C=O) groups is 2. The van der Waals surface area contributed by atoms with Gasteiger partial charge in [-0.2, -0.15) is 0 Å². The lowest BCUT2D eigenvalue weighted by Crippen LogP contribution is -3.18. The van der Waals surface area contributed by atoms with Crippen molar-refractivity contribution >= 4 is 17.5 Å². The molecule has 0 radical (unpaired) electrons. The van der Waals surface area contributed by atoms with Gasteiger partial charge in [0.15, 0.2) is 6.04 Å². The summed E-state index contributed by atoms with van der Waals surface area (Å²) in [5.74, 6) is 0.100. The predicted molar refractivity (Wildman–Crippen MR) is 91.2 cm³/mol. The van der Waals surface area contributed by atoms with E-state index in [0.717, 1.165) is 30.0 Å². The molecule has 3 atom stereocenters. The van der Waals surface area contributed by atoms with Crippen LogP contribution in [0.4, 0.5) is 5.69 Å². The molecule has 1 aliphatic rings. The van der Waals surface area contributed by atoms with E-state index >= 15 is 0 Å². The van der Waals surface area contributed by atoms with Crippen LogP contribution in [0.25, 0.3) is 0 Å². The zero-order valence-corrected chi connectivity index (χ0v) is 14.3. The Morgan fingerprint density at radius 1 is 1.22 bits per heavy atom. The molecule has 1 unspecified atom stereocenters. The van der Waals surface area contributed by atoms with Gasteiger partial charge in [0, 0.05) is 5.69 Å². The van der Waals surface area contributed by atoms with E-state index in [0.29, 0.717) is 12.5 Å². The fourth-order valence-corrected chi connectivity index (χ4v) is 3.12. The number of hydrogen-bond donors (Lipinski definition) is 3. The zero-order chi connectivity index (χ0) is 17.0. The summed E-state index contributed by atoms with van der Waals surface area (Å²) in [5, 5.41) is 2.97. The fraction of sp³-hybridized carbons (Fsp3) is 0.556. The molecular formula is C18H28N3O2+. The van der Waals surface area contributed by atoms with Crippen LogP contribution in [0.3, 0.4) is 0 Å². The Morgan fingerprint density at radius 2 is 1.87 bits per heavy atom. The number of benzene rings is 1. The predicted octanol–water partition coefficient (Wildman–Crippen LogP) is 0.917. The number of rotatable bonds is 5. The molecule has 0 spiro atoms. The van der Waals surface area contributed by atoms with E-state index in [-0.39, 0.29) is 23.8 Å². The Bertz CT molecular complexity index is 554. The molecule has 5 heteroatoms. The van der Waals surface area contributed by atoms with E-state index < -0.39 is 0 Å². The molecule has 1 aliphatic heterocycles. The molecule has 0 aliphatic carbocycles. The molecule has 1 aromatic carbocycles. The second kappa shape index (κ2) is 7.59. The number of primary amides is 1. The number of nitrogens with one attached hydrogen (secondary N) is 2. The number of hydrogen-bond acceptors (Lipinski definition) is 2. The summed E-state index contributed by atoms with van der Waals surface area (Å²) in [7, 11) is 0. The maximum atomic E-state index is 12.5. The minimum atomic E-state index is -0.251. The first-order valence-electron chi connectivity index (χ1n) is 8.43. The van der Waals surface area contributed by atoms with Gasteiger partial charge in [0.05, 0.1) is 19.0 Å². The zero-order valence-electron chi connectivity index (χ0n) is 14.3. The van der Waals surface area contributed by atoms with Gasteiger partial charge >= 0.3 is 0 Å². The molecule has 5 nitrogen and oxygen atoms in total. The minimum Gasteiger partial charge on any atom is -0.369 e. The van der Waals surface area contributed by atoms with E-state index in [1.54, 1.807) is 0 Å². The van der Waals surface area contributed by atoms with Gasteiger partial charge in [-0.05, 0) is 43.4 Å². The first kappa shape index (κ1) is 17.5. The van der Waals surface area contributed by atoms with Crippen molar-refractivity contribution in [3.05, 3.63) is 29.8 Å². The topological polar surface area (TPSA) is 76.6 Å². The van der Waals surface area contributed by atoms with E-state index in [1.165, 1.54) is 5.56 Å². The smallest absolute Gasteiger partial charge is 0.282 e. The van der Waals surface area contributed by atoms with Crippen LogP contribution in [-0.2, 0) is 9.59 Å². The number of carbonyl (C=O) groups excluding carboxylic acids is 2. The lowest BCUT2D eigenvalue weighted by atomic mass is 9.96. The summed E-state index contributed by atoms with van der Waals surface area (Å²) >= 11 is 0. The molecule has 0 saturated carbocycles. The molecular weight excluding hydrogens is 290 g/mol. The first-order valence-corrected chi connectivity index (χ1v) is 8.43. The van der Waals surface area contributed by atoms with Crippen LogP contribution in [0.5, 0.6) is 0 Å². The van der Waals surface area contributed by atoms with Crippen molar-refractivity contribution in [3.63, 3.8) is 0 Å². The highest BCUT2D eigenvalue weighted by Gasteiger charge is 2.33. The highest BCUT2D eigenvalue weighted by molar-refractivity contribution is 5.93. The van der Waals surface area contributed by atoms with Gasteiger partial charge in [-0.3, -0.25) is 9.59 Å². The van der Waals surface area contributed by atoms with Gasteiger partial charge in [-0.1, -0.05) is 26.0 Å². The average Bonchev–Trinajstić information content (AvgIpc) is 2.54. The van der Waals surface area contributed by atoms with Crippen LogP contribution in [0.15, 0.2) is 24.3 Å². The Hall–Kier alpha value is -1.88. The Balaban J connectivity index is 1.95. The van der Waals surface area contributed by atoms with Crippen molar-refractivity contribution in [2.45, 2.75) is 45.6 Å². The normalized spacial score (nSPS) is 22.6. The van der Waals surface area contributed by atoms with E-state index in [2.05, 4.69) is 19.2 Å². The van der Waals surface area contributed by atoms with Crippen LogP contribution >= 0.6 is 0 Å². The third-order valence-corrected chi connectivity index (χ3v) is 4.81. The number of quaternary nitrogens is 1. The standard InChI is InChI=1S/C18H27N3O2/c1-12(2)14-6-8-16(9-7-14)20-18(23)13(3)21-10-4-5-15(11-21)17(19)22/h6-9,12-13,15H,4-5,10-11H2,1-3H3,(H2,19,22)(H,20,23)/p+1/t13-,15+/m1/s1. The summed E-state index contributed by atoms with van der Waals surface area (Å²) in [5.41, 5.74) is 7.48. The van der Waals surface area contributed by atoms with Gasteiger partial charge < -0.3 is 16.0 Å². The maximum Gasteiger partial charge on any atom is 0.282 e.